The summed E-state index contributed by atoms with van der Waals surface area (Å²) in [5.41, 5.74) is -0.115. The van der Waals surface area contributed by atoms with Gasteiger partial charge in [0.2, 0.25) is 0 Å². The molecule has 92 valence electrons. The van der Waals surface area contributed by atoms with Crippen LogP contribution in [0, 0.1) is 12.3 Å². The molecule has 0 heterocycles. The van der Waals surface area contributed by atoms with E-state index in [9.17, 15) is 0 Å². The molecule has 1 fully saturated rings. The van der Waals surface area contributed by atoms with Gasteiger partial charge in [0.05, 0.1) is 11.6 Å². The first-order chi connectivity index (χ1) is 7.79. The molecule has 2 heteroatoms. The molecule has 2 nitrogen and oxygen atoms in total. The smallest absolute Gasteiger partial charge is 0.0981 e. The van der Waals surface area contributed by atoms with Crippen molar-refractivity contribution in [1.29, 1.82) is 0 Å². The predicted molar refractivity (Wildman–Crippen MR) is 68.4 cm³/mol. The zero-order valence-corrected chi connectivity index (χ0v) is 10.7. The zero-order chi connectivity index (χ0) is 11.9. The lowest BCUT2D eigenvalue weighted by Crippen LogP contribution is -2.51. The van der Waals surface area contributed by atoms with Crippen molar-refractivity contribution in [3.05, 3.63) is 0 Å². The lowest BCUT2D eigenvalue weighted by Gasteiger charge is -2.38. The fourth-order valence-corrected chi connectivity index (χ4v) is 2.73. The van der Waals surface area contributed by atoms with Gasteiger partial charge in [0.25, 0.3) is 0 Å². The number of nitrogens with one attached hydrogen (secondary N) is 1. The molecule has 16 heavy (non-hydrogen) atoms. The predicted octanol–water partition coefficient (Wildman–Crippen LogP) is 2.73. The lowest BCUT2D eigenvalue weighted by atomic mass is 9.86. The number of terminal acetylenes is 1. The summed E-state index contributed by atoms with van der Waals surface area (Å²) in [5.74, 6) is 2.89. The molecule has 0 saturated heterocycles. The molecule has 1 unspecified atom stereocenters. The Morgan fingerprint density at radius 3 is 2.31 bits per heavy atom. The monoisotopic (exact) mass is 223 g/mol. The van der Waals surface area contributed by atoms with Gasteiger partial charge in [-0.3, -0.25) is 0 Å². The maximum atomic E-state index is 6.05. The van der Waals surface area contributed by atoms with Crippen LogP contribution in [0.1, 0.15) is 52.4 Å². The van der Waals surface area contributed by atoms with Gasteiger partial charge in [-0.1, -0.05) is 38.5 Å². The van der Waals surface area contributed by atoms with E-state index >= 15 is 0 Å². The third-order valence-corrected chi connectivity index (χ3v) is 3.48. The molecular weight excluding hydrogens is 198 g/mol. The highest BCUT2D eigenvalue weighted by Crippen LogP contribution is 2.33. The Morgan fingerprint density at radius 2 is 1.88 bits per heavy atom. The van der Waals surface area contributed by atoms with E-state index in [1.165, 1.54) is 25.7 Å². The van der Waals surface area contributed by atoms with Crippen LogP contribution in [0.2, 0.25) is 0 Å². The Morgan fingerprint density at radius 1 is 1.25 bits per heavy atom. The van der Waals surface area contributed by atoms with Crippen LogP contribution in [0.15, 0.2) is 0 Å². The van der Waals surface area contributed by atoms with E-state index in [0.717, 1.165) is 26.0 Å². The van der Waals surface area contributed by atoms with E-state index in [-0.39, 0.29) is 11.6 Å². The summed E-state index contributed by atoms with van der Waals surface area (Å²) in [5, 5.41) is 3.39. The van der Waals surface area contributed by atoms with E-state index in [0.29, 0.717) is 0 Å². The maximum Gasteiger partial charge on any atom is 0.0981 e. The first-order valence-corrected chi connectivity index (χ1v) is 6.62. The fraction of sp³-hybridized carbons (Fsp3) is 0.857. The van der Waals surface area contributed by atoms with Crippen molar-refractivity contribution in [2.45, 2.75) is 64.0 Å². The van der Waals surface area contributed by atoms with Gasteiger partial charge >= 0.3 is 0 Å². The molecule has 1 saturated carbocycles. The van der Waals surface area contributed by atoms with Gasteiger partial charge in [-0.05, 0) is 26.3 Å². The second-order valence-corrected chi connectivity index (χ2v) is 4.57. The molecule has 1 atom stereocenters. The normalized spacial score (nSPS) is 22.1. The van der Waals surface area contributed by atoms with Crippen molar-refractivity contribution < 1.29 is 4.74 Å². The van der Waals surface area contributed by atoms with Crippen LogP contribution in [0.4, 0.5) is 0 Å². The van der Waals surface area contributed by atoms with Gasteiger partial charge in [0.1, 0.15) is 0 Å². The van der Waals surface area contributed by atoms with E-state index < -0.39 is 0 Å². The summed E-state index contributed by atoms with van der Waals surface area (Å²) in [6.07, 6.45) is 13.0. The van der Waals surface area contributed by atoms with E-state index in [4.69, 9.17) is 11.2 Å². The Balaban J connectivity index is 2.78. The van der Waals surface area contributed by atoms with Crippen molar-refractivity contribution in [2.24, 2.45) is 0 Å². The summed E-state index contributed by atoms with van der Waals surface area (Å²) in [6, 6.07) is 0.0653. The molecule has 0 aromatic heterocycles. The Hall–Kier alpha value is -0.520. The molecule has 0 aromatic rings. The average Bonchev–Trinajstić information content (AvgIpc) is 2.53. The summed E-state index contributed by atoms with van der Waals surface area (Å²) in [7, 11) is 0. The molecule has 0 aliphatic heterocycles. The summed E-state index contributed by atoms with van der Waals surface area (Å²) < 4.78 is 6.05. The summed E-state index contributed by atoms with van der Waals surface area (Å²) >= 11 is 0. The van der Waals surface area contributed by atoms with Gasteiger partial charge in [-0.2, -0.15) is 0 Å². The van der Waals surface area contributed by atoms with Crippen LogP contribution in [0.3, 0.4) is 0 Å². The van der Waals surface area contributed by atoms with Gasteiger partial charge in [0.15, 0.2) is 0 Å². The van der Waals surface area contributed by atoms with Crippen LogP contribution < -0.4 is 5.32 Å². The quantitative estimate of drug-likeness (QED) is 0.571. The van der Waals surface area contributed by atoms with Crippen molar-refractivity contribution in [3.8, 4) is 12.3 Å². The molecule has 0 aromatic carbocycles. The van der Waals surface area contributed by atoms with E-state index in [1.54, 1.807) is 0 Å². The second-order valence-electron chi connectivity index (χ2n) is 4.57. The van der Waals surface area contributed by atoms with E-state index in [1.807, 2.05) is 0 Å². The molecular formula is C14H25NO. The molecule has 0 radical (unpaired) electrons. The number of rotatable bonds is 5. The largest absolute Gasteiger partial charge is 0.373 e. The SMILES string of the molecule is C#CC(NCC)C1(OCC)CCCCCC1. The first kappa shape index (κ1) is 13.5. The van der Waals surface area contributed by atoms with Gasteiger partial charge in [0, 0.05) is 6.61 Å². The Kier molecular flexibility index (Phi) is 5.87. The van der Waals surface area contributed by atoms with Crippen molar-refractivity contribution in [2.75, 3.05) is 13.2 Å². The molecule has 0 amide bonds. The number of ether oxygens (including phenoxy) is 1. The number of hydrogen-bond acceptors (Lipinski definition) is 2. The highest BCUT2D eigenvalue weighted by atomic mass is 16.5. The standard InChI is InChI=1S/C14H25NO/c1-4-13(15-5-2)14(16-6-3)11-9-7-8-10-12-14/h1,13,15H,5-12H2,2-3H3. The van der Waals surface area contributed by atoms with Crippen molar-refractivity contribution in [1.82, 2.24) is 5.32 Å². The Labute approximate surface area is 100 Å². The van der Waals surface area contributed by atoms with Crippen molar-refractivity contribution in [3.63, 3.8) is 0 Å². The first-order valence-electron chi connectivity index (χ1n) is 6.62. The summed E-state index contributed by atoms with van der Waals surface area (Å²) in [6.45, 7) is 5.82. The molecule has 0 bridgehead atoms. The minimum atomic E-state index is -0.115. The van der Waals surface area contributed by atoms with Crippen LogP contribution in [-0.4, -0.2) is 24.8 Å². The van der Waals surface area contributed by atoms with Gasteiger partial charge in [-0.15, -0.1) is 6.42 Å². The topological polar surface area (TPSA) is 21.3 Å². The minimum absolute atomic E-state index is 0.0653. The van der Waals surface area contributed by atoms with Crippen LogP contribution in [0.5, 0.6) is 0 Å². The number of likely N-dealkylation sites (N-methyl/N-ethyl adjacent to an activating group) is 1. The zero-order valence-electron chi connectivity index (χ0n) is 10.7. The molecule has 1 aliphatic carbocycles. The third kappa shape index (κ3) is 3.23. The minimum Gasteiger partial charge on any atom is -0.373 e. The van der Waals surface area contributed by atoms with Crippen LogP contribution >= 0.6 is 0 Å². The van der Waals surface area contributed by atoms with Crippen LogP contribution in [0.25, 0.3) is 0 Å². The van der Waals surface area contributed by atoms with Gasteiger partial charge in [-0.25, -0.2) is 0 Å². The molecule has 0 spiro atoms. The highest BCUT2D eigenvalue weighted by Gasteiger charge is 2.38. The highest BCUT2D eigenvalue weighted by molar-refractivity contribution is 5.11. The Bertz CT molecular complexity index is 223. The van der Waals surface area contributed by atoms with Gasteiger partial charge < -0.3 is 10.1 Å². The summed E-state index contributed by atoms with van der Waals surface area (Å²) in [4.78, 5) is 0. The third-order valence-electron chi connectivity index (χ3n) is 3.48. The second kappa shape index (κ2) is 6.93. The van der Waals surface area contributed by atoms with Crippen LogP contribution in [-0.2, 0) is 4.74 Å². The maximum absolute atomic E-state index is 6.05. The molecule has 1 N–H and O–H groups in total. The van der Waals surface area contributed by atoms with E-state index in [2.05, 4.69) is 25.1 Å². The van der Waals surface area contributed by atoms with Crippen molar-refractivity contribution >= 4 is 0 Å². The molecule has 1 aliphatic rings. The lowest BCUT2D eigenvalue weighted by molar-refractivity contribution is -0.0637. The molecule has 1 rings (SSSR count). The fourth-order valence-electron chi connectivity index (χ4n) is 2.73. The average molecular weight is 223 g/mol. The number of hydrogen-bond donors (Lipinski definition) is 1.